The maximum absolute atomic E-state index is 12.4. The highest BCUT2D eigenvalue weighted by Crippen LogP contribution is 2.27. The van der Waals surface area contributed by atoms with Crippen molar-refractivity contribution in [1.82, 2.24) is 4.98 Å². The van der Waals surface area contributed by atoms with Crippen molar-refractivity contribution in [3.8, 4) is 0 Å². The number of aromatic amines is 1. The lowest BCUT2D eigenvalue weighted by Crippen LogP contribution is -2.11. The fourth-order valence-electron chi connectivity index (χ4n) is 2.22. The lowest BCUT2D eigenvalue weighted by atomic mass is 10.1. The number of amides is 1. The number of carboxylic acid groups (broad SMARTS) is 1. The molecule has 0 atom stereocenters. The number of benzene rings is 1. The number of carbonyl (C=O) groups is 2. The molecular weight excluding hydrogens is 288 g/mol. The van der Waals surface area contributed by atoms with Crippen LogP contribution in [0.1, 0.15) is 25.6 Å². The van der Waals surface area contributed by atoms with Gasteiger partial charge in [0.05, 0.1) is 5.00 Å². The van der Waals surface area contributed by atoms with Crippen LogP contribution in [0.5, 0.6) is 0 Å². The predicted octanol–water partition coefficient (Wildman–Crippen LogP) is 3.49. The van der Waals surface area contributed by atoms with Gasteiger partial charge >= 0.3 is 5.97 Å². The largest absolute Gasteiger partial charge is 0.477 e. The number of hydrogen-bond acceptors (Lipinski definition) is 3. The summed E-state index contributed by atoms with van der Waals surface area (Å²) >= 11 is 1.06. The molecular formula is C15H12N2O3S. The van der Waals surface area contributed by atoms with Crippen LogP contribution >= 0.6 is 11.3 Å². The van der Waals surface area contributed by atoms with Gasteiger partial charge in [0, 0.05) is 22.7 Å². The number of aryl methyl sites for hydroxylation is 1. The van der Waals surface area contributed by atoms with Crippen molar-refractivity contribution < 1.29 is 14.7 Å². The smallest absolute Gasteiger partial charge is 0.346 e. The predicted molar refractivity (Wildman–Crippen MR) is 82.3 cm³/mol. The summed E-state index contributed by atoms with van der Waals surface area (Å²) in [6.45, 7) is 1.71. The van der Waals surface area contributed by atoms with Crippen LogP contribution in [0.2, 0.25) is 0 Å². The van der Waals surface area contributed by atoms with Crippen molar-refractivity contribution in [2.24, 2.45) is 0 Å². The van der Waals surface area contributed by atoms with Crippen LogP contribution in [0.3, 0.4) is 0 Å². The third-order valence-corrected chi connectivity index (χ3v) is 4.33. The van der Waals surface area contributed by atoms with Crippen molar-refractivity contribution in [1.29, 1.82) is 0 Å². The monoisotopic (exact) mass is 300 g/mol. The zero-order valence-corrected chi connectivity index (χ0v) is 12.0. The average molecular weight is 300 g/mol. The number of fused-ring (bicyclic) bond motifs is 1. The van der Waals surface area contributed by atoms with Crippen LogP contribution in [0.4, 0.5) is 5.00 Å². The minimum atomic E-state index is -0.981. The quantitative estimate of drug-likeness (QED) is 0.692. The van der Waals surface area contributed by atoms with Gasteiger partial charge in [0.1, 0.15) is 4.88 Å². The number of aromatic nitrogens is 1. The van der Waals surface area contributed by atoms with Gasteiger partial charge in [-0.25, -0.2) is 4.79 Å². The van der Waals surface area contributed by atoms with Crippen LogP contribution in [0.15, 0.2) is 36.5 Å². The van der Waals surface area contributed by atoms with Crippen molar-refractivity contribution in [2.75, 3.05) is 5.32 Å². The molecule has 21 heavy (non-hydrogen) atoms. The molecule has 0 aliphatic heterocycles. The minimum absolute atomic E-state index is 0.241. The summed E-state index contributed by atoms with van der Waals surface area (Å²) in [5.41, 5.74) is 2.08. The van der Waals surface area contributed by atoms with E-state index in [2.05, 4.69) is 10.3 Å². The Kier molecular flexibility index (Phi) is 3.23. The Labute approximate surface area is 124 Å². The van der Waals surface area contributed by atoms with Gasteiger partial charge in [-0.15, -0.1) is 11.3 Å². The highest BCUT2D eigenvalue weighted by Gasteiger charge is 2.15. The first-order valence-electron chi connectivity index (χ1n) is 6.27. The number of hydrogen-bond donors (Lipinski definition) is 3. The number of thiophene rings is 1. The lowest BCUT2D eigenvalue weighted by Gasteiger charge is -2.03. The third kappa shape index (κ3) is 2.41. The SMILES string of the molecule is Cc1cc(NC(=O)c2cccc3[nH]ccc23)sc1C(=O)O. The van der Waals surface area contributed by atoms with Gasteiger partial charge in [-0.2, -0.15) is 0 Å². The molecule has 0 unspecified atom stereocenters. The molecule has 1 aromatic carbocycles. The molecule has 5 nitrogen and oxygen atoms in total. The van der Waals surface area contributed by atoms with E-state index in [1.54, 1.807) is 31.3 Å². The van der Waals surface area contributed by atoms with Gasteiger partial charge in [-0.1, -0.05) is 6.07 Å². The highest BCUT2D eigenvalue weighted by molar-refractivity contribution is 7.18. The van der Waals surface area contributed by atoms with Gasteiger partial charge in [-0.3, -0.25) is 4.79 Å². The fourth-order valence-corrected chi connectivity index (χ4v) is 3.13. The summed E-state index contributed by atoms with van der Waals surface area (Å²) in [5.74, 6) is -1.23. The first-order valence-corrected chi connectivity index (χ1v) is 7.09. The molecule has 0 saturated carbocycles. The van der Waals surface area contributed by atoms with Gasteiger partial charge in [-0.05, 0) is 36.8 Å². The molecule has 6 heteroatoms. The zero-order chi connectivity index (χ0) is 15.0. The lowest BCUT2D eigenvalue weighted by molar-refractivity contribution is 0.0701. The molecule has 0 aliphatic carbocycles. The Bertz CT molecular complexity index is 848. The van der Waals surface area contributed by atoms with E-state index in [-0.39, 0.29) is 10.8 Å². The minimum Gasteiger partial charge on any atom is -0.477 e. The molecule has 0 spiro atoms. The van der Waals surface area contributed by atoms with E-state index in [9.17, 15) is 9.59 Å². The van der Waals surface area contributed by atoms with E-state index in [1.165, 1.54) is 0 Å². The van der Waals surface area contributed by atoms with Crippen LogP contribution in [-0.2, 0) is 0 Å². The zero-order valence-electron chi connectivity index (χ0n) is 11.1. The molecule has 3 rings (SSSR count). The van der Waals surface area contributed by atoms with E-state index in [0.29, 0.717) is 16.1 Å². The molecule has 0 bridgehead atoms. The van der Waals surface area contributed by atoms with E-state index >= 15 is 0 Å². The number of aromatic carboxylic acids is 1. The summed E-state index contributed by atoms with van der Waals surface area (Å²) < 4.78 is 0. The number of anilines is 1. The van der Waals surface area contributed by atoms with E-state index in [0.717, 1.165) is 22.2 Å². The Morgan fingerprint density at radius 2 is 2.10 bits per heavy atom. The molecule has 3 N–H and O–H groups in total. The van der Waals surface area contributed by atoms with Crippen molar-refractivity contribution in [3.63, 3.8) is 0 Å². The number of H-pyrrole nitrogens is 1. The second-order valence-electron chi connectivity index (χ2n) is 4.63. The van der Waals surface area contributed by atoms with Crippen molar-refractivity contribution in [3.05, 3.63) is 52.5 Å². The van der Waals surface area contributed by atoms with Gasteiger partial charge in [0.15, 0.2) is 0 Å². The summed E-state index contributed by atoms with van der Waals surface area (Å²) in [5, 5.41) is 13.2. The Morgan fingerprint density at radius 1 is 1.29 bits per heavy atom. The molecule has 1 amide bonds. The van der Waals surface area contributed by atoms with Crippen LogP contribution < -0.4 is 5.32 Å². The summed E-state index contributed by atoms with van der Waals surface area (Å²) in [4.78, 5) is 26.7. The maximum atomic E-state index is 12.4. The Hall–Kier alpha value is -2.60. The van der Waals surface area contributed by atoms with Crippen LogP contribution in [0.25, 0.3) is 10.9 Å². The number of carboxylic acids is 1. The van der Waals surface area contributed by atoms with Gasteiger partial charge in [0.25, 0.3) is 5.91 Å². The van der Waals surface area contributed by atoms with E-state index < -0.39 is 5.97 Å². The molecule has 0 fully saturated rings. The number of carbonyl (C=O) groups excluding carboxylic acids is 1. The first-order chi connectivity index (χ1) is 10.1. The van der Waals surface area contributed by atoms with Gasteiger partial charge < -0.3 is 15.4 Å². The summed E-state index contributed by atoms with van der Waals surface area (Å²) in [7, 11) is 0. The topological polar surface area (TPSA) is 82.2 Å². The Balaban J connectivity index is 1.91. The molecule has 3 aromatic rings. The summed E-state index contributed by atoms with van der Waals surface area (Å²) in [6, 6.07) is 8.94. The van der Waals surface area contributed by atoms with Crippen LogP contribution in [0, 0.1) is 6.92 Å². The average Bonchev–Trinajstić information content (AvgIpc) is 3.04. The third-order valence-electron chi connectivity index (χ3n) is 3.19. The van der Waals surface area contributed by atoms with Gasteiger partial charge in [0.2, 0.25) is 0 Å². The van der Waals surface area contributed by atoms with Crippen LogP contribution in [-0.4, -0.2) is 22.0 Å². The molecule has 2 heterocycles. The van der Waals surface area contributed by atoms with Crippen molar-refractivity contribution in [2.45, 2.75) is 6.92 Å². The van der Waals surface area contributed by atoms with Crippen molar-refractivity contribution >= 4 is 39.1 Å². The molecule has 0 saturated heterocycles. The summed E-state index contributed by atoms with van der Waals surface area (Å²) in [6.07, 6.45) is 1.78. The number of nitrogens with one attached hydrogen (secondary N) is 2. The highest BCUT2D eigenvalue weighted by atomic mass is 32.1. The molecule has 106 valence electrons. The second kappa shape index (κ2) is 5.06. The molecule has 0 aliphatic rings. The maximum Gasteiger partial charge on any atom is 0.346 e. The second-order valence-corrected chi connectivity index (χ2v) is 5.68. The standard InChI is InChI=1S/C15H12N2O3S/c1-8-7-12(21-13(8)15(19)20)17-14(18)10-3-2-4-11-9(10)5-6-16-11/h2-7,16H,1H3,(H,17,18)(H,19,20). The number of rotatable bonds is 3. The Morgan fingerprint density at radius 3 is 2.81 bits per heavy atom. The fraction of sp³-hybridized carbons (Fsp3) is 0.0667. The van der Waals surface area contributed by atoms with E-state index in [4.69, 9.17) is 5.11 Å². The normalized spacial score (nSPS) is 10.7. The van der Waals surface area contributed by atoms with E-state index in [1.807, 2.05) is 12.1 Å². The molecule has 2 aromatic heterocycles. The first kappa shape index (κ1) is 13.4. The molecule has 0 radical (unpaired) electrons.